The van der Waals surface area contributed by atoms with Gasteiger partial charge in [-0.25, -0.2) is 0 Å². The number of amides is 1. The van der Waals surface area contributed by atoms with Gasteiger partial charge in [-0.05, 0) is 23.4 Å². The van der Waals surface area contributed by atoms with Gasteiger partial charge in [0.05, 0.1) is 12.9 Å². The van der Waals surface area contributed by atoms with Crippen LogP contribution in [0.2, 0.25) is 0 Å². The molecule has 0 spiro atoms. The highest BCUT2D eigenvalue weighted by molar-refractivity contribution is 8.01. The zero-order valence-corrected chi connectivity index (χ0v) is 14.8. The number of anilines is 1. The maximum atomic E-state index is 11.9. The minimum Gasteiger partial charge on any atom is -0.497 e. The SMILES string of the molecule is CCSc1nnc(NC(=O)CSCc2ccc(OC)cc2)s1. The maximum Gasteiger partial charge on any atom is 0.236 e. The molecule has 8 heteroatoms. The number of benzene rings is 1. The highest BCUT2D eigenvalue weighted by Crippen LogP contribution is 2.25. The summed E-state index contributed by atoms with van der Waals surface area (Å²) in [6, 6.07) is 7.85. The van der Waals surface area contributed by atoms with Crippen molar-refractivity contribution in [2.75, 3.05) is 23.9 Å². The van der Waals surface area contributed by atoms with Gasteiger partial charge < -0.3 is 4.74 Å². The van der Waals surface area contributed by atoms with Crippen LogP contribution in [0.1, 0.15) is 12.5 Å². The first-order valence-electron chi connectivity index (χ1n) is 6.68. The fraction of sp³-hybridized carbons (Fsp3) is 0.357. The molecule has 0 unspecified atom stereocenters. The molecule has 1 aromatic carbocycles. The maximum absolute atomic E-state index is 11.9. The summed E-state index contributed by atoms with van der Waals surface area (Å²) >= 11 is 4.59. The lowest BCUT2D eigenvalue weighted by atomic mass is 10.2. The van der Waals surface area contributed by atoms with Crippen LogP contribution in [-0.4, -0.2) is 34.7 Å². The lowest BCUT2D eigenvalue weighted by Gasteiger charge is -2.03. The van der Waals surface area contributed by atoms with E-state index in [0.29, 0.717) is 10.9 Å². The van der Waals surface area contributed by atoms with E-state index in [1.165, 1.54) is 11.3 Å². The van der Waals surface area contributed by atoms with E-state index in [9.17, 15) is 4.79 Å². The summed E-state index contributed by atoms with van der Waals surface area (Å²) in [6.45, 7) is 2.06. The normalized spacial score (nSPS) is 10.5. The minimum atomic E-state index is -0.0530. The number of thioether (sulfide) groups is 2. The third-order valence-electron chi connectivity index (χ3n) is 2.58. The van der Waals surface area contributed by atoms with Gasteiger partial charge in [0, 0.05) is 5.75 Å². The first-order valence-corrected chi connectivity index (χ1v) is 9.63. The van der Waals surface area contributed by atoms with Crippen molar-refractivity contribution < 1.29 is 9.53 Å². The minimum absolute atomic E-state index is 0.0530. The molecule has 1 aromatic heterocycles. The average Bonchev–Trinajstić information content (AvgIpc) is 2.95. The third-order valence-corrected chi connectivity index (χ3v) is 5.44. The molecule has 0 bridgehead atoms. The van der Waals surface area contributed by atoms with Crippen LogP contribution in [0.5, 0.6) is 5.75 Å². The Bertz CT molecular complexity index is 602. The van der Waals surface area contributed by atoms with Crippen molar-refractivity contribution in [2.45, 2.75) is 17.0 Å². The van der Waals surface area contributed by atoms with Gasteiger partial charge in [-0.1, -0.05) is 42.2 Å². The van der Waals surface area contributed by atoms with Crippen molar-refractivity contribution in [1.82, 2.24) is 10.2 Å². The van der Waals surface area contributed by atoms with Crippen LogP contribution in [0.3, 0.4) is 0 Å². The van der Waals surface area contributed by atoms with Gasteiger partial charge >= 0.3 is 0 Å². The molecule has 2 aromatic rings. The van der Waals surface area contributed by atoms with Gasteiger partial charge in [0.1, 0.15) is 5.75 Å². The third kappa shape index (κ3) is 5.51. The number of rotatable bonds is 8. The second kappa shape index (κ2) is 9.02. The molecule has 1 heterocycles. The van der Waals surface area contributed by atoms with Crippen molar-refractivity contribution in [3.63, 3.8) is 0 Å². The van der Waals surface area contributed by atoms with Gasteiger partial charge in [-0.3, -0.25) is 10.1 Å². The number of ether oxygens (including phenoxy) is 1. The van der Waals surface area contributed by atoms with Crippen LogP contribution in [0.25, 0.3) is 0 Å². The van der Waals surface area contributed by atoms with Gasteiger partial charge in [0.15, 0.2) is 4.34 Å². The Kier molecular flexibility index (Phi) is 7.01. The first kappa shape index (κ1) is 17.1. The van der Waals surface area contributed by atoms with E-state index in [0.717, 1.165) is 27.2 Å². The van der Waals surface area contributed by atoms with Crippen LogP contribution >= 0.6 is 34.9 Å². The molecule has 0 saturated heterocycles. The molecule has 0 radical (unpaired) electrons. The van der Waals surface area contributed by atoms with Crippen LogP contribution in [-0.2, 0) is 10.5 Å². The average molecular weight is 356 g/mol. The number of methoxy groups -OCH3 is 1. The lowest BCUT2D eigenvalue weighted by molar-refractivity contribution is -0.113. The van der Waals surface area contributed by atoms with E-state index in [4.69, 9.17) is 4.74 Å². The Morgan fingerprint density at radius 3 is 2.77 bits per heavy atom. The molecule has 0 saturated carbocycles. The number of nitrogens with zero attached hydrogens (tertiary/aromatic N) is 2. The second-order valence-electron chi connectivity index (χ2n) is 4.20. The molecule has 1 amide bonds. The molecule has 0 atom stereocenters. The molecular formula is C14H17N3O2S3. The van der Waals surface area contributed by atoms with Gasteiger partial charge in [-0.15, -0.1) is 22.0 Å². The quantitative estimate of drug-likeness (QED) is 0.577. The highest BCUT2D eigenvalue weighted by Gasteiger charge is 2.08. The Morgan fingerprint density at radius 1 is 1.32 bits per heavy atom. The molecule has 22 heavy (non-hydrogen) atoms. The van der Waals surface area contributed by atoms with Gasteiger partial charge in [0.2, 0.25) is 11.0 Å². The van der Waals surface area contributed by atoms with Crippen LogP contribution in [0, 0.1) is 0 Å². The first-order chi connectivity index (χ1) is 10.7. The van der Waals surface area contributed by atoms with E-state index >= 15 is 0 Å². The molecule has 1 N–H and O–H groups in total. The van der Waals surface area contributed by atoms with Crippen LogP contribution in [0.4, 0.5) is 5.13 Å². The topological polar surface area (TPSA) is 64.1 Å². The fourth-order valence-electron chi connectivity index (χ4n) is 1.58. The number of nitrogens with one attached hydrogen (secondary N) is 1. The van der Waals surface area contributed by atoms with Crippen molar-refractivity contribution in [3.05, 3.63) is 29.8 Å². The van der Waals surface area contributed by atoms with E-state index < -0.39 is 0 Å². The van der Waals surface area contributed by atoms with Crippen LogP contribution in [0.15, 0.2) is 28.6 Å². The number of carbonyl (C=O) groups is 1. The zero-order chi connectivity index (χ0) is 15.8. The van der Waals surface area contributed by atoms with Crippen LogP contribution < -0.4 is 10.1 Å². The van der Waals surface area contributed by atoms with Gasteiger partial charge in [0.25, 0.3) is 0 Å². The van der Waals surface area contributed by atoms with E-state index in [1.807, 2.05) is 24.3 Å². The van der Waals surface area contributed by atoms with Crippen molar-refractivity contribution in [2.24, 2.45) is 0 Å². The predicted octanol–water partition coefficient (Wildman–Crippen LogP) is 3.53. The smallest absolute Gasteiger partial charge is 0.236 e. The summed E-state index contributed by atoms with van der Waals surface area (Å²) < 4.78 is 5.99. The number of aromatic nitrogens is 2. The van der Waals surface area contributed by atoms with Crippen molar-refractivity contribution in [1.29, 1.82) is 0 Å². The largest absolute Gasteiger partial charge is 0.497 e. The summed E-state index contributed by atoms with van der Waals surface area (Å²) in [6.07, 6.45) is 0. The van der Waals surface area contributed by atoms with Gasteiger partial charge in [-0.2, -0.15) is 0 Å². The molecule has 0 fully saturated rings. The Morgan fingerprint density at radius 2 is 2.09 bits per heavy atom. The number of hydrogen-bond donors (Lipinski definition) is 1. The van der Waals surface area contributed by atoms with E-state index in [2.05, 4.69) is 22.4 Å². The Balaban J connectivity index is 1.72. The second-order valence-corrected chi connectivity index (χ2v) is 7.67. The highest BCUT2D eigenvalue weighted by atomic mass is 32.2. The Hall–Kier alpha value is -1.25. The molecule has 118 valence electrons. The summed E-state index contributed by atoms with van der Waals surface area (Å²) in [5.74, 6) is 2.90. The summed E-state index contributed by atoms with van der Waals surface area (Å²) in [5, 5.41) is 11.3. The standard InChI is InChI=1S/C14H17N3O2S3/c1-3-21-14-17-16-13(22-14)15-12(18)9-20-8-10-4-6-11(19-2)7-5-10/h4-7H,3,8-9H2,1-2H3,(H,15,16,18). The molecule has 0 aliphatic heterocycles. The summed E-state index contributed by atoms with van der Waals surface area (Å²) in [4.78, 5) is 11.9. The molecule has 5 nitrogen and oxygen atoms in total. The summed E-state index contributed by atoms with van der Waals surface area (Å²) in [7, 11) is 1.64. The zero-order valence-electron chi connectivity index (χ0n) is 12.4. The van der Waals surface area contributed by atoms with E-state index in [-0.39, 0.29) is 5.91 Å². The molecule has 0 aliphatic rings. The molecular weight excluding hydrogens is 338 g/mol. The van der Waals surface area contributed by atoms with Crippen molar-refractivity contribution in [3.8, 4) is 5.75 Å². The number of hydrogen-bond acceptors (Lipinski definition) is 7. The Labute approximate surface area is 142 Å². The monoisotopic (exact) mass is 355 g/mol. The number of carbonyl (C=O) groups excluding carboxylic acids is 1. The van der Waals surface area contributed by atoms with Crippen molar-refractivity contribution >= 4 is 45.9 Å². The van der Waals surface area contributed by atoms with E-state index in [1.54, 1.807) is 30.6 Å². The molecule has 0 aliphatic carbocycles. The fourth-order valence-corrected chi connectivity index (χ4v) is 4.03. The molecule has 2 rings (SSSR count). The predicted molar refractivity (Wildman–Crippen MR) is 94.1 cm³/mol. The lowest BCUT2D eigenvalue weighted by Crippen LogP contribution is -2.13. The summed E-state index contributed by atoms with van der Waals surface area (Å²) in [5.41, 5.74) is 1.16.